The predicted octanol–water partition coefficient (Wildman–Crippen LogP) is 3.34. The van der Waals surface area contributed by atoms with Crippen LogP contribution < -0.4 is 19.1 Å². The molecular formula is C21H21NO6. The van der Waals surface area contributed by atoms with Crippen molar-refractivity contribution in [2.24, 2.45) is 0 Å². The summed E-state index contributed by atoms with van der Waals surface area (Å²) in [5.41, 5.74) is 0.534. The molecule has 1 aliphatic heterocycles. The lowest BCUT2D eigenvalue weighted by Crippen LogP contribution is -2.32. The van der Waals surface area contributed by atoms with Crippen molar-refractivity contribution in [3.05, 3.63) is 53.8 Å². The Morgan fingerprint density at radius 3 is 2.32 bits per heavy atom. The van der Waals surface area contributed by atoms with Crippen LogP contribution >= 0.6 is 0 Å². The van der Waals surface area contributed by atoms with E-state index < -0.39 is 17.6 Å². The minimum Gasteiger partial charge on any atom is -0.502 e. The van der Waals surface area contributed by atoms with Gasteiger partial charge in [-0.05, 0) is 36.2 Å². The number of methoxy groups -OCH3 is 2. The maximum Gasteiger partial charge on any atom is 0.301 e. The zero-order chi connectivity index (χ0) is 20.3. The van der Waals surface area contributed by atoms with Crippen LogP contribution in [0.5, 0.6) is 17.2 Å². The molecule has 0 aromatic heterocycles. The Kier molecular flexibility index (Phi) is 5.54. The summed E-state index contributed by atoms with van der Waals surface area (Å²) in [6.07, 6.45) is 0.774. The smallest absolute Gasteiger partial charge is 0.301 e. The Morgan fingerprint density at radius 1 is 0.929 bits per heavy atom. The van der Waals surface area contributed by atoms with E-state index in [1.54, 1.807) is 42.5 Å². The lowest BCUT2D eigenvalue weighted by Gasteiger charge is -2.18. The molecule has 0 radical (unpaired) electrons. The van der Waals surface area contributed by atoms with Gasteiger partial charge in [-0.3, -0.25) is 9.59 Å². The zero-order valence-electron chi connectivity index (χ0n) is 15.9. The number of amides is 2. The summed E-state index contributed by atoms with van der Waals surface area (Å²) >= 11 is 0. The third-order valence-electron chi connectivity index (χ3n) is 4.30. The van der Waals surface area contributed by atoms with Crippen molar-refractivity contribution < 1.29 is 28.9 Å². The maximum atomic E-state index is 13.1. The maximum absolute atomic E-state index is 13.1. The molecule has 2 aromatic rings. The Bertz CT molecular complexity index is 950. The van der Waals surface area contributed by atoms with E-state index in [9.17, 15) is 14.7 Å². The van der Waals surface area contributed by atoms with Gasteiger partial charge in [0.05, 0.1) is 32.1 Å². The molecule has 146 valence electrons. The molecule has 0 aliphatic carbocycles. The standard InChI is InChI=1S/C21H21NO6/c1-4-11-28-15-8-6-5-7-14(15)22-20(24)18(19(23)21(22)25)13-9-10-16(26-2)17(12-13)27-3/h5-10,12,23H,4,11H2,1-3H3. The Morgan fingerprint density at radius 2 is 1.64 bits per heavy atom. The Hall–Kier alpha value is -3.48. The van der Waals surface area contributed by atoms with Crippen molar-refractivity contribution in [3.8, 4) is 17.2 Å². The number of hydrogen-bond acceptors (Lipinski definition) is 6. The number of anilines is 1. The van der Waals surface area contributed by atoms with Crippen molar-refractivity contribution in [1.29, 1.82) is 0 Å². The highest BCUT2D eigenvalue weighted by atomic mass is 16.5. The van der Waals surface area contributed by atoms with Crippen LogP contribution in [0, 0.1) is 0 Å². The molecule has 0 saturated carbocycles. The largest absolute Gasteiger partial charge is 0.502 e. The molecule has 0 atom stereocenters. The molecule has 28 heavy (non-hydrogen) atoms. The number of rotatable bonds is 7. The normalized spacial score (nSPS) is 13.9. The number of benzene rings is 2. The first-order chi connectivity index (χ1) is 13.5. The average Bonchev–Trinajstić information content (AvgIpc) is 2.94. The fourth-order valence-electron chi connectivity index (χ4n) is 2.96. The van der Waals surface area contributed by atoms with E-state index in [2.05, 4.69) is 0 Å². The molecule has 0 saturated heterocycles. The Labute approximate surface area is 162 Å². The molecule has 0 unspecified atom stereocenters. The van der Waals surface area contributed by atoms with Gasteiger partial charge >= 0.3 is 5.91 Å². The number of aliphatic hydroxyl groups is 1. The third kappa shape index (κ3) is 3.26. The number of imide groups is 1. The van der Waals surface area contributed by atoms with Crippen LogP contribution in [-0.4, -0.2) is 37.7 Å². The third-order valence-corrected chi connectivity index (χ3v) is 4.30. The molecule has 0 fully saturated rings. The van der Waals surface area contributed by atoms with Crippen LogP contribution in [0.2, 0.25) is 0 Å². The van der Waals surface area contributed by atoms with E-state index >= 15 is 0 Å². The first-order valence-corrected chi connectivity index (χ1v) is 8.79. The highest BCUT2D eigenvalue weighted by Crippen LogP contribution is 2.38. The second kappa shape index (κ2) is 8.04. The number of carbonyl (C=O) groups excluding carboxylic acids is 2. The van der Waals surface area contributed by atoms with Crippen molar-refractivity contribution in [2.45, 2.75) is 13.3 Å². The topological polar surface area (TPSA) is 85.3 Å². The number of nitrogens with zero attached hydrogens (tertiary/aromatic N) is 1. The van der Waals surface area contributed by atoms with E-state index in [-0.39, 0.29) is 11.3 Å². The zero-order valence-corrected chi connectivity index (χ0v) is 15.9. The van der Waals surface area contributed by atoms with Crippen LogP contribution in [-0.2, 0) is 9.59 Å². The molecule has 7 nitrogen and oxygen atoms in total. The van der Waals surface area contributed by atoms with Gasteiger partial charge in [0.25, 0.3) is 5.91 Å². The van der Waals surface area contributed by atoms with Crippen LogP contribution in [0.25, 0.3) is 5.57 Å². The molecule has 1 N–H and O–H groups in total. The second-order valence-corrected chi connectivity index (χ2v) is 6.06. The van der Waals surface area contributed by atoms with E-state index in [0.717, 1.165) is 11.3 Å². The minimum absolute atomic E-state index is 0.101. The summed E-state index contributed by atoms with van der Waals surface area (Å²) in [7, 11) is 2.96. The molecule has 3 rings (SSSR count). The highest BCUT2D eigenvalue weighted by Gasteiger charge is 2.41. The van der Waals surface area contributed by atoms with Gasteiger partial charge in [0.1, 0.15) is 5.75 Å². The summed E-state index contributed by atoms with van der Waals surface area (Å²) in [4.78, 5) is 26.7. The van der Waals surface area contributed by atoms with Crippen LogP contribution in [0.1, 0.15) is 18.9 Å². The van der Waals surface area contributed by atoms with E-state index in [1.807, 2.05) is 6.92 Å². The number of aliphatic hydroxyl groups excluding tert-OH is 1. The van der Waals surface area contributed by atoms with Gasteiger partial charge in [-0.1, -0.05) is 25.1 Å². The summed E-state index contributed by atoms with van der Waals surface area (Å²) < 4.78 is 16.1. The fraction of sp³-hybridized carbons (Fsp3) is 0.238. The van der Waals surface area contributed by atoms with Gasteiger partial charge in [-0.15, -0.1) is 0 Å². The monoisotopic (exact) mass is 383 g/mol. The van der Waals surface area contributed by atoms with Crippen LogP contribution in [0.15, 0.2) is 48.2 Å². The molecule has 0 bridgehead atoms. The van der Waals surface area contributed by atoms with E-state index in [0.29, 0.717) is 29.4 Å². The summed E-state index contributed by atoms with van der Waals surface area (Å²) in [5.74, 6) is -0.816. The fourth-order valence-corrected chi connectivity index (χ4v) is 2.96. The van der Waals surface area contributed by atoms with Gasteiger partial charge in [0.15, 0.2) is 17.3 Å². The number of para-hydroxylation sites is 2. The van der Waals surface area contributed by atoms with E-state index in [1.165, 1.54) is 14.2 Å². The molecule has 2 aromatic carbocycles. The van der Waals surface area contributed by atoms with Gasteiger partial charge < -0.3 is 19.3 Å². The number of hydrogen-bond donors (Lipinski definition) is 1. The second-order valence-electron chi connectivity index (χ2n) is 6.06. The van der Waals surface area contributed by atoms with Gasteiger partial charge in [0.2, 0.25) is 0 Å². The van der Waals surface area contributed by atoms with E-state index in [4.69, 9.17) is 14.2 Å². The lowest BCUT2D eigenvalue weighted by atomic mass is 10.0. The molecule has 2 amide bonds. The molecule has 7 heteroatoms. The number of carbonyl (C=O) groups is 2. The Balaban J connectivity index is 2.02. The first-order valence-electron chi connectivity index (χ1n) is 8.79. The molecule has 1 heterocycles. The van der Waals surface area contributed by atoms with Gasteiger partial charge in [0, 0.05) is 0 Å². The van der Waals surface area contributed by atoms with Gasteiger partial charge in [-0.2, -0.15) is 0 Å². The van der Waals surface area contributed by atoms with Crippen LogP contribution in [0.3, 0.4) is 0 Å². The summed E-state index contributed by atoms with van der Waals surface area (Å²) in [6.45, 7) is 2.40. The number of ether oxygens (including phenoxy) is 3. The minimum atomic E-state index is -0.803. The van der Waals surface area contributed by atoms with Crippen molar-refractivity contribution in [1.82, 2.24) is 0 Å². The molecule has 1 aliphatic rings. The SMILES string of the molecule is CCCOc1ccccc1N1C(=O)C(O)=C(c2ccc(OC)c(OC)c2)C1=O. The van der Waals surface area contributed by atoms with Crippen molar-refractivity contribution >= 4 is 23.1 Å². The lowest BCUT2D eigenvalue weighted by molar-refractivity contribution is -0.121. The highest BCUT2D eigenvalue weighted by molar-refractivity contribution is 6.45. The van der Waals surface area contributed by atoms with Crippen LogP contribution in [0.4, 0.5) is 5.69 Å². The molecular weight excluding hydrogens is 362 g/mol. The summed E-state index contributed by atoms with van der Waals surface area (Å²) in [6, 6.07) is 11.5. The quantitative estimate of drug-likeness (QED) is 0.738. The van der Waals surface area contributed by atoms with Crippen molar-refractivity contribution in [3.63, 3.8) is 0 Å². The predicted molar refractivity (Wildman–Crippen MR) is 104 cm³/mol. The van der Waals surface area contributed by atoms with Gasteiger partial charge in [-0.25, -0.2) is 4.90 Å². The first kappa shape index (κ1) is 19.3. The summed E-state index contributed by atoms with van der Waals surface area (Å²) in [5, 5.41) is 10.4. The van der Waals surface area contributed by atoms with Crippen molar-refractivity contribution in [2.75, 3.05) is 25.7 Å². The average molecular weight is 383 g/mol. The molecule has 0 spiro atoms.